The summed E-state index contributed by atoms with van der Waals surface area (Å²) in [7, 11) is -2.31. The zero-order chi connectivity index (χ0) is 23.7. The quantitative estimate of drug-likeness (QED) is 0.563. The van der Waals surface area contributed by atoms with Crippen LogP contribution in [0.3, 0.4) is 0 Å². The maximum atomic E-state index is 13.2. The minimum atomic E-state index is -3.74. The van der Waals surface area contributed by atoms with Crippen LogP contribution in [0.15, 0.2) is 65.6 Å². The molecule has 1 aliphatic carbocycles. The SMILES string of the molecule is COc1ccc(C(=O)N2CCN(Cc3cccc4ccccc34)CC2)cc1S(=O)(=O)NC1CC1. The van der Waals surface area contributed by atoms with Crippen LogP contribution in [0.2, 0.25) is 0 Å². The van der Waals surface area contributed by atoms with Gasteiger partial charge in [0.05, 0.1) is 7.11 Å². The number of fused-ring (bicyclic) bond motifs is 1. The van der Waals surface area contributed by atoms with E-state index in [0.717, 1.165) is 32.5 Å². The molecule has 1 saturated carbocycles. The number of carbonyl (C=O) groups is 1. The normalized spacial score (nSPS) is 17.1. The van der Waals surface area contributed by atoms with Crippen LogP contribution in [0.25, 0.3) is 10.8 Å². The average molecular weight is 480 g/mol. The number of hydrogen-bond donors (Lipinski definition) is 1. The van der Waals surface area contributed by atoms with Crippen molar-refractivity contribution in [3.8, 4) is 5.75 Å². The van der Waals surface area contributed by atoms with E-state index in [2.05, 4.69) is 46.0 Å². The highest BCUT2D eigenvalue weighted by atomic mass is 32.2. The molecule has 5 rings (SSSR count). The van der Waals surface area contributed by atoms with Crippen LogP contribution >= 0.6 is 0 Å². The number of benzene rings is 3. The van der Waals surface area contributed by atoms with Crippen molar-refractivity contribution < 1.29 is 17.9 Å². The molecule has 0 bridgehead atoms. The lowest BCUT2D eigenvalue weighted by atomic mass is 10.0. The lowest BCUT2D eigenvalue weighted by molar-refractivity contribution is 0.0628. The molecular formula is C26H29N3O4S. The molecule has 2 fully saturated rings. The average Bonchev–Trinajstić information content (AvgIpc) is 3.67. The van der Waals surface area contributed by atoms with Gasteiger partial charge in [-0.1, -0.05) is 42.5 Å². The Morgan fingerprint density at radius 1 is 1.00 bits per heavy atom. The van der Waals surface area contributed by atoms with Crippen LogP contribution in [-0.4, -0.2) is 63.5 Å². The minimum Gasteiger partial charge on any atom is -0.495 e. The molecule has 8 heteroatoms. The molecule has 0 atom stereocenters. The topological polar surface area (TPSA) is 79.0 Å². The van der Waals surface area contributed by atoms with Crippen molar-refractivity contribution >= 4 is 26.7 Å². The molecule has 0 aromatic heterocycles. The molecule has 7 nitrogen and oxygen atoms in total. The second-order valence-corrected chi connectivity index (χ2v) is 10.7. The van der Waals surface area contributed by atoms with Gasteiger partial charge in [0.2, 0.25) is 10.0 Å². The zero-order valence-electron chi connectivity index (χ0n) is 19.2. The van der Waals surface area contributed by atoms with E-state index in [1.807, 2.05) is 6.07 Å². The Morgan fingerprint density at radius 3 is 2.47 bits per heavy atom. The van der Waals surface area contributed by atoms with Gasteiger partial charge in [0.25, 0.3) is 5.91 Å². The summed E-state index contributed by atoms with van der Waals surface area (Å²) in [6.07, 6.45) is 1.67. The van der Waals surface area contributed by atoms with Crippen LogP contribution in [0.4, 0.5) is 0 Å². The fraction of sp³-hybridized carbons (Fsp3) is 0.346. The zero-order valence-corrected chi connectivity index (χ0v) is 20.1. The summed E-state index contributed by atoms with van der Waals surface area (Å²) in [5.41, 5.74) is 1.64. The van der Waals surface area contributed by atoms with Gasteiger partial charge < -0.3 is 9.64 Å². The number of nitrogens with zero attached hydrogens (tertiary/aromatic N) is 2. The smallest absolute Gasteiger partial charge is 0.253 e. The van der Waals surface area contributed by atoms with E-state index in [1.54, 1.807) is 17.0 Å². The number of hydrogen-bond acceptors (Lipinski definition) is 5. The maximum absolute atomic E-state index is 13.2. The number of rotatable bonds is 7. The van der Waals surface area contributed by atoms with Crippen LogP contribution in [0, 0.1) is 0 Å². The van der Waals surface area contributed by atoms with Crippen molar-refractivity contribution in [1.29, 1.82) is 0 Å². The van der Waals surface area contributed by atoms with Crippen molar-refractivity contribution in [3.05, 3.63) is 71.8 Å². The second kappa shape index (κ2) is 9.37. The molecule has 1 saturated heterocycles. The van der Waals surface area contributed by atoms with Crippen molar-refractivity contribution in [2.45, 2.75) is 30.3 Å². The number of nitrogens with one attached hydrogen (secondary N) is 1. The molecule has 34 heavy (non-hydrogen) atoms. The predicted molar refractivity (Wildman–Crippen MR) is 131 cm³/mol. The standard InChI is InChI=1S/C26H29N3O4S/c1-33-24-12-9-20(17-25(24)34(31,32)27-22-10-11-22)26(30)29-15-13-28(14-16-29)18-21-7-4-6-19-5-2-3-8-23(19)21/h2-9,12,17,22,27H,10-11,13-16,18H2,1H3. The summed E-state index contributed by atoms with van der Waals surface area (Å²) in [6.45, 7) is 3.55. The first-order chi connectivity index (χ1) is 16.4. The molecule has 3 aromatic carbocycles. The van der Waals surface area contributed by atoms with Crippen LogP contribution in [0.1, 0.15) is 28.8 Å². The second-order valence-electron chi connectivity index (χ2n) is 8.97. The molecule has 3 aromatic rings. The van der Waals surface area contributed by atoms with Gasteiger partial charge in [-0.25, -0.2) is 13.1 Å². The van der Waals surface area contributed by atoms with Crippen molar-refractivity contribution in [2.24, 2.45) is 0 Å². The van der Waals surface area contributed by atoms with Gasteiger partial charge in [-0.15, -0.1) is 0 Å². The van der Waals surface area contributed by atoms with E-state index in [-0.39, 0.29) is 22.6 Å². The minimum absolute atomic E-state index is 0.0161. The number of piperazine rings is 1. The number of methoxy groups -OCH3 is 1. The Hall–Kier alpha value is -2.94. The van der Waals surface area contributed by atoms with E-state index < -0.39 is 10.0 Å². The van der Waals surface area contributed by atoms with Crippen molar-refractivity contribution in [2.75, 3.05) is 33.3 Å². The highest BCUT2D eigenvalue weighted by molar-refractivity contribution is 7.89. The first-order valence-corrected chi connectivity index (χ1v) is 13.1. The van der Waals surface area contributed by atoms with Crippen molar-refractivity contribution in [3.63, 3.8) is 0 Å². The summed E-state index contributed by atoms with van der Waals surface area (Å²) in [5.74, 6) is 0.0833. The fourth-order valence-corrected chi connectivity index (χ4v) is 5.97. The predicted octanol–water partition coefficient (Wildman–Crippen LogP) is 3.25. The Morgan fingerprint density at radius 2 is 1.74 bits per heavy atom. The monoisotopic (exact) mass is 479 g/mol. The third kappa shape index (κ3) is 4.80. The molecule has 0 radical (unpaired) electrons. The first-order valence-electron chi connectivity index (χ1n) is 11.6. The fourth-order valence-electron chi connectivity index (χ4n) is 4.47. The third-order valence-electron chi connectivity index (χ3n) is 6.53. The molecule has 0 spiro atoms. The van der Waals surface area contributed by atoms with Crippen LogP contribution in [-0.2, 0) is 16.6 Å². The lowest BCUT2D eigenvalue weighted by Gasteiger charge is -2.35. The van der Waals surface area contributed by atoms with Gasteiger partial charge in [-0.2, -0.15) is 0 Å². The molecule has 2 aliphatic rings. The summed E-state index contributed by atoms with van der Waals surface area (Å²) in [6, 6.07) is 19.4. The molecule has 1 amide bonds. The summed E-state index contributed by atoms with van der Waals surface area (Å²) in [5, 5.41) is 2.49. The van der Waals surface area contributed by atoms with Gasteiger partial charge in [-0.3, -0.25) is 9.69 Å². The van der Waals surface area contributed by atoms with Gasteiger partial charge >= 0.3 is 0 Å². The number of carbonyl (C=O) groups excluding carboxylic acids is 1. The molecule has 1 heterocycles. The van der Waals surface area contributed by atoms with Gasteiger partial charge in [0, 0.05) is 44.3 Å². The van der Waals surface area contributed by atoms with E-state index in [4.69, 9.17) is 4.74 Å². The molecule has 178 valence electrons. The molecule has 0 unspecified atom stereocenters. The summed E-state index contributed by atoms with van der Waals surface area (Å²) in [4.78, 5) is 17.4. The maximum Gasteiger partial charge on any atom is 0.253 e. The molecule has 1 aliphatic heterocycles. The van der Waals surface area contributed by atoms with Crippen LogP contribution in [0.5, 0.6) is 5.75 Å². The third-order valence-corrected chi connectivity index (χ3v) is 8.07. The van der Waals surface area contributed by atoms with Gasteiger partial charge in [0.15, 0.2) is 0 Å². The Kier molecular flexibility index (Phi) is 6.29. The van der Waals surface area contributed by atoms with E-state index >= 15 is 0 Å². The number of ether oxygens (including phenoxy) is 1. The molecular weight excluding hydrogens is 450 g/mol. The number of amides is 1. The Labute approximate surface area is 200 Å². The highest BCUT2D eigenvalue weighted by Gasteiger charge is 2.31. The molecule has 1 N–H and O–H groups in total. The summed E-state index contributed by atoms with van der Waals surface area (Å²) < 4.78 is 33.5. The Balaban J connectivity index is 1.27. The van der Waals surface area contributed by atoms with Crippen LogP contribution < -0.4 is 9.46 Å². The number of sulfonamides is 1. The van der Waals surface area contributed by atoms with E-state index in [0.29, 0.717) is 18.7 Å². The lowest BCUT2D eigenvalue weighted by Crippen LogP contribution is -2.48. The largest absolute Gasteiger partial charge is 0.495 e. The first kappa shape index (κ1) is 22.8. The van der Waals surface area contributed by atoms with E-state index in [9.17, 15) is 13.2 Å². The van der Waals surface area contributed by atoms with Crippen molar-refractivity contribution in [1.82, 2.24) is 14.5 Å². The van der Waals surface area contributed by atoms with E-state index in [1.165, 1.54) is 29.5 Å². The summed E-state index contributed by atoms with van der Waals surface area (Å²) >= 11 is 0. The Bertz CT molecular complexity index is 1310. The van der Waals surface area contributed by atoms with Gasteiger partial charge in [-0.05, 0) is 47.4 Å². The highest BCUT2D eigenvalue weighted by Crippen LogP contribution is 2.29. The van der Waals surface area contributed by atoms with Gasteiger partial charge in [0.1, 0.15) is 10.6 Å².